The van der Waals surface area contributed by atoms with Gasteiger partial charge in [0.15, 0.2) is 0 Å². The van der Waals surface area contributed by atoms with E-state index < -0.39 is 0 Å². The summed E-state index contributed by atoms with van der Waals surface area (Å²) in [6.45, 7) is 2.27. The zero-order valence-electron chi connectivity index (χ0n) is 11.4. The lowest BCUT2D eigenvalue weighted by atomic mass is 9.84. The van der Waals surface area contributed by atoms with Crippen molar-refractivity contribution in [2.24, 2.45) is 0 Å². The Balaban J connectivity index is 2.20. The van der Waals surface area contributed by atoms with Crippen LogP contribution in [0.5, 0.6) is 0 Å². The summed E-state index contributed by atoms with van der Waals surface area (Å²) in [5.74, 6) is 0. The Bertz CT molecular complexity index is 781. The average Bonchev–Trinajstić information content (AvgIpc) is 2.46. The molecule has 0 N–H and O–H groups in total. The molecule has 4 rings (SSSR count). The molecule has 0 fully saturated rings. The van der Waals surface area contributed by atoms with E-state index in [9.17, 15) is 0 Å². The quantitative estimate of drug-likeness (QED) is 0.479. The van der Waals surface area contributed by atoms with Crippen LogP contribution in [-0.2, 0) is 12.8 Å². The fourth-order valence-electron chi connectivity index (χ4n) is 3.68. The van der Waals surface area contributed by atoms with Crippen molar-refractivity contribution in [3.63, 3.8) is 0 Å². The lowest BCUT2D eigenvalue weighted by Gasteiger charge is -2.20. The summed E-state index contributed by atoms with van der Waals surface area (Å²) in [7, 11) is 0. The molecule has 0 heteroatoms. The summed E-state index contributed by atoms with van der Waals surface area (Å²) >= 11 is 0. The number of aryl methyl sites for hydroxylation is 3. The molecule has 0 atom stereocenters. The van der Waals surface area contributed by atoms with Gasteiger partial charge >= 0.3 is 0 Å². The first-order valence-corrected chi connectivity index (χ1v) is 7.27. The van der Waals surface area contributed by atoms with E-state index in [1.165, 1.54) is 52.8 Å². The van der Waals surface area contributed by atoms with Crippen molar-refractivity contribution in [3.05, 3.63) is 59.2 Å². The van der Waals surface area contributed by atoms with Gasteiger partial charge in [0.2, 0.25) is 0 Å². The third-order valence-corrected chi connectivity index (χ3v) is 4.55. The first-order valence-electron chi connectivity index (χ1n) is 7.27. The molecular weight excluding hydrogens is 228 g/mol. The van der Waals surface area contributed by atoms with Crippen molar-refractivity contribution in [3.8, 4) is 0 Å². The van der Waals surface area contributed by atoms with Crippen molar-refractivity contribution < 1.29 is 0 Å². The van der Waals surface area contributed by atoms with Crippen LogP contribution in [0.15, 0.2) is 42.5 Å². The van der Waals surface area contributed by atoms with E-state index in [2.05, 4.69) is 49.4 Å². The molecule has 3 aromatic carbocycles. The predicted molar refractivity (Wildman–Crippen MR) is 82.8 cm³/mol. The average molecular weight is 246 g/mol. The van der Waals surface area contributed by atoms with Crippen LogP contribution in [0.1, 0.15) is 29.5 Å². The predicted octanol–water partition coefficient (Wildman–Crippen LogP) is 5.18. The molecule has 0 radical (unpaired) electrons. The molecule has 0 heterocycles. The van der Waals surface area contributed by atoms with Crippen LogP contribution in [0.4, 0.5) is 0 Å². The summed E-state index contributed by atoms with van der Waals surface area (Å²) in [5.41, 5.74) is 4.64. The van der Waals surface area contributed by atoms with E-state index in [0.29, 0.717) is 0 Å². The number of hydrogen-bond donors (Lipinski definition) is 0. The zero-order chi connectivity index (χ0) is 12.8. The highest BCUT2D eigenvalue weighted by atomic mass is 14.2. The van der Waals surface area contributed by atoms with Gasteiger partial charge in [-0.3, -0.25) is 0 Å². The van der Waals surface area contributed by atoms with Crippen LogP contribution in [0, 0.1) is 6.92 Å². The standard InChI is InChI=1S/C19H18/c1-13-12-15-7-3-4-8-16(15)18-11-10-14-6-2-5-9-17(14)19(13)18/h2,5-6,9-12H,3-4,7-8H2,1H3. The molecule has 0 amide bonds. The summed E-state index contributed by atoms with van der Waals surface area (Å²) < 4.78 is 0. The normalized spacial score (nSPS) is 14.8. The first-order chi connectivity index (χ1) is 9.34. The smallest absolute Gasteiger partial charge is 0.00732 e. The Kier molecular flexibility index (Phi) is 2.38. The molecule has 1 aliphatic carbocycles. The molecule has 0 aromatic heterocycles. The third-order valence-electron chi connectivity index (χ3n) is 4.55. The summed E-state index contributed by atoms with van der Waals surface area (Å²) in [6.07, 6.45) is 5.22. The molecule has 94 valence electrons. The van der Waals surface area contributed by atoms with E-state index in [4.69, 9.17) is 0 Å². The molecule has 0 saturated carbocycles. The number of rotatable bonds is 0. The molecule has 19 heavy (non-hydrogen) atoms. The van der Waals surface area contributed by atoms with Gasteiger partial charge in [0, 0.05) is 0 Å². The van der Waals surface area contributed by atoms with Crippen molar-refractivity contribution in [2.45, 2.75) is 32.6 Å². The Hall–Kier alpha value is -1.82. The van der Waals surface area contributed by atoms with E-state index in [0.717, 1.165) is 0 Å². The maximum atomic E-state index is 2.43. The molecule has 0 nitrogen and oxygen atoms in total. The van der Waals surface area contributed by atoms with Gasteiger partial charge < -0.3 is 0 Å². The second-order valence-electron chi connectivity index (χ2n) is 5.75. The highest BCUT2D eigenvalue weighted by molar-refractivity contribution is 6.10. The van der Waals surface area contributed by atoms with E-state index in [1.54, 1.807) is 11.1 Å². The SMILES string of the molecule is Cc1cc2c(c3ccc4ccccc4c13)CCCC2. The van der Waals surface area contributed by atoms with E-state index in [1.807, 2.05) is 0 Å². The van der Waals surface area contributed by atoms with Crippen LogP contribution >= 0.6 is 0 Å². The van der Waals surface area contributed by atoms with Crippen LogP contribution in [-0.4, -0.2) is 0 Å². The fraction of sp³-hybridized carbons (Fsp3) is 0.263. The lowest BCUT2D eigenvalue weighted by Crippen LogP contribution is -2.04. The largest absolute Gasteiger partial charge is 0.0616 e. The summed E-state index contributed by atoms with van der Waals surface area (Å²) in [6, 6.07) is 15.8. The van der Waals surface area contributed by atoms with Crippen LogP contribution < -0.4 is 0 Å². The van der Waals surface area contributed by atoms with Gasteiger partial charge in [0.05, 0.1) is 0 Å². The highest BCUT2D eigenvalue weighted by Gasteiger charge is 2.15. The molecule has 0 spiro atoms. The van der Waals surface area contributed by atoms with Gasteiger partial charge in [-0.25, -0.2) is 0 Å². The van der Waals surface area contributed by atoms with Gasteiger partial charge in [-0.05, 0) is 70.8 Å². The van der Waals surface area contributed by atoms with Gasteiger partial charge in [0.25, 0.3) is 0 Å². The van der Waals surface area contributed by atoms with Crippen molar-refractivity contribution in [2.75, 3.05) is 0 Å². The van der Waals surface area contributed by atoms with Crippen molar-refractivity contribution >= 4 is 21.5 Å². The van der Waals surface area contributed by atoms with Crippen LogP contribution in [0.25, 0.3) is 21.5 Å². The van der Waals surface area contributed by atoms with Crippen molar-refractivity contribution in [1.82, 2.24) is 0 Å². The maximum Gasteiger partial charge on any atom is -0.00732 e. The second-order valence-corrected chi connectivity index (χ2v) is 5.75. The highest BCUT2D eigenvalue weighted by Crippen LogP contribution is 2.35. The minimum atomic E-state index is 1.25. The molecule has 1 aliphatic rings. The Morgan fingerprint density at radius 2 is 1.68 bits per heavy atom. The van der Waals surface area contributed by atoms with E-state index >= 15 is 0 Å². The molecular formula is C19H18. The Labute approximate surface area is 114 Å². The fourth-order valence-corrected chi connectivity index (χ4v) is 3.68. The van der Waals surface area contributed by atoms with Gasteiger partial charge in [-0.1, -0.05) is 42.5 Å². The maximum absolute atomic E-state index is 2.43. The zero-order valence-corrected chi connectivity index (χ0v) is 11.4. The molecule has 0 bridgehead atoms. The Morgan fingerprint density at radius 1 is 0.842 bits per heavy atom. The van der Waals surface area contributed by atoms with Gasteiger partial charge in [-0.15, -0.1) is 0 Å². The number of hydrogen-bond acceptors (Lipinski definition) is 0. The first kappa shape index (κ1) is 11.0. The third kappa shape index (κ3) is 1.59. The van der Waals surface area contributed by atoms with Crippen molar-refractivity contribution in [1.29, 1.82) is 0 Å². The molecule has 0 unspecified atom stereocenters. The minimum Gasteiger partial charge on any atom is -0.0616 e. The molecule has 0 saturated heterocycles. The van der Waals surface area contributed by atoms with Crippen LogP contribution in [0.3, 0.4) is 0 Å². The van der Waals surface area contributed by atoms with E-state index in [-0.39, 0.29) is 0 Å². The topological polar surface area (TPSA) is 0 Å². The molecule has 0 aliphatic heterocycles. The molecule has 3 aromatic rings. The minimum absolute atomic E-state index is 1.25. The van der Waals surface area contributed by atoms with Crippen LogP contribution in [0.2, 0.25) is 0 Å². The number of benzene rings is 3. The monoisotopic (exact) mass is 246 g/mol. The second kappa shape index (κ2) is 4.09. The number of fused-ring (bicyclic) bond motifs is 5. The lowest BCUT2D eigenvalue weighted by molar-refractivity contribution is 0.689. The van der Waals surface area contributed by atoms with Gasteiger partial charge in [0.1, 0.15) is 0 Å². The Morgan fingerprint density at radius 3 is 2.63 bits per heavy atom. The van der Waals surface area contributed by atoms with Gasteiger partial charge in [-0.2, -0.15) is 0 Å². The summed E-state index contributed by atoms with van der Waals surface area (Å²) in [4.78, 5) is 0. The summed E-state index contributed by atoms with van der Waals surface area (Å²) in [5, 5.41) is 5.73.